The number of aliphatic carboxylic acids is 1. The largest absolute Gasteiger partial charge is 0.480 e. The maximum Gasteiger partial charge on any atom is 0.327 e. The van der Waals surface area contributed by atoms with E-state index in [9.17, 15) is 82.1 Å². The van der Waals surface area contributed by atoms with Gasteiger partial charge in [-0.25, -0.2) is 14.8 Å². The Morgan fingerprint density at radius 3 is 1.31 bits per heavy atom. The van der Waals surface area contributed by atoms with E-state index in [-0.39, 0.29) is 99.7 Å². The third-order valence-electron chi connectivity index (χ3n) is 16.4. The number of H-pyrrole nitrogens is 2. The van der Waals surface area contributed by atoms with Crippen LogP contribution in [0, 0.1) is 11.8 Å². The Morgan fingerprint density at radius 2 is 0.856 bits per heavy atom. The zero-order valence-electron chi connectivity index (χ0n) is 62.7. The molecule has 29 N–H and O–H groups in total. The Hall–Kier alpha value is -11.2. The molecule has 0 radical (unpaired) electrons. The Balaban J connectivity index is 1.81. The van der Waals surface area contributed by atoms with Crippen LogP contribution in [0.15, 0.2) is 65.4 Å². The molecule has 0 aliphatic rings. The highest BCUT2D eigenvalue weighted by molar-refractivity contribution is 7.80. The highest BCUT2D eigenvalue weighted by atomic mass is 32.1. The van der Waals surface area contributed by atoms with Crippen molar-refractivity contribution < 1.29 is 82.1 Å². The fourth-order valence-corrected chi connectivity index (χ4v) is 11.0. The lowest BCUT2D eigenvalue weighted by Crippen LogP contribution is -2.61. The predicted octanol–water partition coefficient (Wildman–Crippen LogP) is -8.14. The van der Waals surface area contributed by atoms with Gasteiger partial charge in [-0.05, 0) is 76.7 Å². The van der Waals surface area contributed by atoms with Gasteiger partial charge in [-0.15, -0.1) is 0 Å². The van der Waals surface area contributed by atoms with Crippen LogP contribution in [-0.4, -0.2) is 247 Å². The first-order valence-electron chi connectivity index (χ1n) is 35.5. The molecule has 14 amide bonds. The van der Waals surface area contributed by atoms with Crippen molar-refractivity contribution in [2.45, 2.75) is 197 Å². The summed E-state index contributed by atoms with van der Waals surface area (Å²) in [5, 5.41) is 52.2. The molecule has 42 nitrogen and oxygen atoms in total. The lowest BCUT2D eigenvalue weighted by molar-refractivity contribution is -0.141. The van der Waals surface area contributed by atoms with Crippen molar-refractivity contribution in [3.63, 3.8) is 0 Å². The second-order valence-corrected chi connectivity index (χ2v) is 27.6. The number of guanidine groups is 2. The minimum atomic E-state index is -1.73. The van der Waals surface area contributed by atoms with Crippen LogP contribution in [-0.2, 0) is 91.2 Å². The lowest BCUT2D eigenvalue weighted by atomic mass is 10.0. The van der Waals surface area contributed by atoms with E-state index in [1.54, 1.807) is 58.0 Å². The number of hydrogen-bond acceptors (Lipinski definition) is 23. The molecule has 0 aliphatic carbocycles. The van der Waals surface area contributed by atoms with Gasteiger partial charge in [-0.1, -0.05) is 58.0 Å². The molecule has 0 bridgehead atoms. The molecule has 0 saturated heterocycles. The highest BCUT2D eigenvalue weighted by Gasteiger charge is 2.37. The van der Waals surface area contributed by atoms with E-state index in [2.05, 4.69) is 124 Å². The second-order valence-electron chi connectivity index (χ2n) is 26.9. The molecule has 44 heteroatoms. The smallest absolute Gasteiger partial charge is 0.327 e. The number of carboxylic acid groups (broad SMARTS) is 1. The molecule has 0 fully saturated rings. The number of aliphatic imine (C=N–C) groups is 2. The first kappa shape index (κ1) is 94.1. The number of rotatable bonds is 50. The van der Waals surface area contributed by atoms with Crippen LogP contribution in [0.5, 0.6) is 0 Å². The molecular formula is C67H107N25O17S2. The maximum atomic E-state index is 14.5. The predicted molar refractivity (Wildman–Crippen MR) is 410 cm³/mol. The second kappa shape index (κ2) is 48.4. The van der Waals surface area contributed by atoms with Crippen LogP contribution in [0.4, 0.5) is 0 Å². The summed E-state index contributed by atoms with van der Waals surface area (Å²) in [5.41, 5.74) is 34.4. The molecule has 2 aromatic heterocycles. The molecule has 0 spiro atoms. The summed E-state index contributed by atoms with van der Waals surface area (Å²) in [6.07, 6.45) is 2.61. The number of nitrogens with two attached hydrogens (primary N) is 6. The SMILES string of the molecule is CC(C)C[C@H](NC(=O)[C@H](CS)NC(=O)[C@H](CC(C)C)NC(=O)[C@H](CCCN=C(N)N)NC(=O)[C@H](C)NC(=O)[C@H](Cc1cnc[nH]1)NC(=O)[C@H](Cc1cnc[nH]1)NC(=O)CNC(=O)[C@@H](NC(=O)[C@@H](N)CCCN=C(N)N)[C@@H](C)O)C(=O)N[C@@H](C)C(=O)N[C@@H](CC(N)=O)C(=O)N[C@@H](Cc1ccccc1)C(=O)N[C@@H](CS)C(=O)O. The van der Waals surface area contributed by atoms with Crippen LogP contribution in [0.1, 0.15) is 110 Å². The molecule has 3 rings (SSSR count). The Morgan fingerprint density at radius 1 is 0.459 bits per heavy atom. The highest BCUT2D eigenvalue weighted by Crippen LogP contribution is 2.13. The van der Waals surface area contributed by atoms with Crippen LogP contribution in [0.3, 0.4) is 0 Å². The molecule has 614 valence electrons. The average Bonchev–Trinajstić information content (AvgIpc) is 1.86. The number of nitrogens with one attached hydrogen (secondary N) is 15. The Labute approximate surface area is 651 Å². The molecular weight excluding hydrogens is 1490 g/mol. The number of amides is 14. The fourth-order valence-electron chi connectivity index (χ4n) is 10.5. The number of aromatic amines is 2. The van der Waals surface area contributed by atoms with E-state index < -0.39 is 186 Å². The first-order valence-corrected chi connectivity index (χ1v) is 36.8. The van der Waals surface area contributed by atoms with Gasteiger partial charge in [0.2, 0.25) is 82.7 Å². The minimum absolute atomic E-state index is 0.0351. The monoisotopic (exact) mass is 1600 g/mol. The number of carbonyl (C=O) groups excluding carboxylic acids is 14. The van der Waals surface area contributed by atoms with Gasteiger partial charge in [0, 0.05) is 67.6 Å². The average molecular weight is 1600 g/mol. The molecule has 111 heavy (non-hydrogen) atoms. The number of benzene rings is 1. The van der Waals surface area contributed by atoms with Crippen molar-refractivity contribution in [2.75, 3.05) is 31.1 Å². The molecule has 0 aliphatic heterocycles. The molecule has 14 atom stereocenters. The van der Waals surface area contributed by atoms with Crippen molar-refractivity contribution in [3.8, 4) is 0 Å². The van der Waals surface area contributed by atoms with Gasteiger partial charge < -0.3 is 124 Å². The van der Waals surface area contributed by atoms with Gasteiger partial charge in [0.25, 0.3) is 0 Å². The molecule has 1 aromatic carbocycles. The van der Waals surface area contributed by atoms with Gasteiger partial charge in [0.1, 0.15) is 72.5 Å². The minimum Gasteiger partial charge on any atom is -0.480 e. The van der Waals surface area contributed by atoms with Crippen molar-refractivity contribution in [2.24, 2.45) is 56.2 Å². The number of hydrogen-bond donors (Lipinski definition) is 25. The summed E-state index contributed by atoms with van der Waals surface area (Å²) in [6.45, 7) is 9.98. The van der Waals surface area contributed by atoms with Crippen LogP contribution in [0.2, 0.25) is 0 Å². The third kappa shape index (κ3) is 35.4. The van der Waals surface area contributed by atoms with Crippen molar-refractivity contribution >= 4 is 126 Å². The summed E-state index contributed by atoms with van der Waals surface area (Å²) < 4.78 is 0. The van der Waals surface area contributed by atoms with E-state index >= 15 is 0 Å². The van der Waals surface area contributed by atoms with Crippen LogP contribution >= 0.6 is 25.3 Å². The summed E-state index contributed by atoms with van der Waals surface area (Å²) >= 11 is 8.29. The number of aliphatic hydroxyl groups excluding tert-OH is 1. The van der Waals surface area contributed by atoms with Gasteiger partial charge in [-0.2, -0.15) is 25.3 Å². The molecule has 3 aromatic rings. The summed E-state index contributed by atoms with van der Waals surface area (Å²) in [7, 11) is 0. The summed E-state index contributed by atoms with van der Waals surface area (Å²) in [5.74, 6) is -16.4. The van der Waals surface area contributed by atoms with Gasteiger partial charge in [-0.3, -0.25) is 77.1 Å². The van der Waals surface area contributed by atoms with Crippen LogP contribution in [0.25, 0.3) is 0 Å². The Bertz CT molecular complexity index is 3660. The number of nitrogens with zero attached hydrogens (tertiary/aromatic N) is 4. The van der Waals surface area contributed by atoms with Crippen molar-refractivity contribution in [1.29, 1.82) is 0 Å². The number of carbonyl (C=O) groups is 15. The topological polar surface area (TPSA) is 691 Å². The number of imidazole rings is 2. The molecule has 0 saturated carbocycles. The van der Waals surface area contributed by atoms with E-state index in [1.165, 1.54) is 45.8 Å². The number of carboxylic acids is 1. The summed E-state index contributed by atoms with van der Waals surface area (Å²) in [6, 6.07) is -10.7. The van der Waals surface area contributed by atoms with E-state index in [1.807, 2.05) is 0 Å². The van der Waals surface area contributed by atoms with Gasteiger partial charge >= 0.3 is 5.97 Å². The fraction of sp³-hybridized carbons (Fsp3) is 0.567. The van der Waals surface area contributed by atoms with E-state index in [0.717, 1.165) is 0 Å². The van der Waals surface area contributed by atoms with Crippen LogP contribution < -0.4 is 104 Å². The van der Waals surface area contributed by atoms with E-state index in [4.69, 9.17) is 34.4 Å². The summed E-state index contributed by atoms with van der Waals surface area (Å²) in [4.78, 5) is 226. The zero-order chi connectivity index (χ0) is 83.2. The quantitative estimate of drug-likeness (QED) is 0.0108. The normalized spacial score (nSPS) is 14.9. The van der Waals surface area contributed by atoms with Crippen molar-refractivity contribution in [3.05, 3.63) is 72.3 Å². The first-order chi connectivity index (χ1) is 52.3. The maximum absolute atomic E-state index is 14.5. The standard InChI is InChI=1S/C67H107N25O17S2/c1-32(2)19-42(57(100)81-35(6)54(97)85-47(24-50(69)94)62(105)88-44(21-37-13-9-8-10-14-37)60(103)91-49(29-111)65(108)109)87-63(106)48(28-110)90-59(102)43(20-33(3)4)86-56(99)41(16-12-18-77-67(72)73)84-53(96)34(5)82-58(101)46(23-39-26-75-31-80-39)89-61(104)45(22-38-25-74-30-79-38)83-51(95)27-78-64(107)52(36(7)93)92-55(98)40(68)15-11-17-76-66(70)71/h8-10,13-14,25-26,30-36,40-49,52,93,110-111H,11-12,15-24,27-29,68H2,1-7H3,(H2,69,94)(H,74,79)(H,75,80)(H,78,107)(H,81,100)(H,82,101)(H,83,95)(H,84,96)(H,85,97)(H,86,99)(H,87,106)(H,88,105)(H,89,104)(H,90,102)(H,91,103)(H,92,98)(H,108,109)(H4,70,71,76)(H4,72,73,77)/t34-,35-,36+,40-,41-,42-,43-,44-,45-,46-,47-,48-,49-,52-/m0/s1. The Kier molecular flexibility index (Phi) is 41.0. The van der Waals surface area contributed by atoms with E-state index in [0.29, 0.717) is 23.4 Å². The lowest BCUT2D eigenvalue weighted by Gasteiger charge is -2.28. The molecule has 0 unspecified atom stereocenters. The zero-order valence-corrected chi connectivity index (χ0v) is 64.5. The van der Waals surface area contributed by atoms with Crippen molar-refractivity contribution in [1.82, 2.24) is 89.1 Å². The number of thiol groups is 2. The number of aliphatic hydroxyl groups is 1. The number of aromatic nitrogens is 4. The molecule has 2 heterocycles. The number of primary amides is 1. The third-order valence-corrected chi connectivity index (χ3v) is 17.1. The van der Waals surface area contributed by atoms with Gasteiger partial charge in [0.15, 0.2) is 11.9 Å². The van der Waals surface area contributed by atoms with Gasteiger partial charge in [0.05, 0.1) is 37.8 Å².